The van der Waals surface area contributed by atoms with E-state index < -0.39 is 6.17 Å². The summed E-state index contributed by atoms with van der Waals surface area (Å²) < 4.78 is 1.66. The van der Waals surface area contributed by atoms with Crippen LogP contribution in [0.25, 0.3) is 22.2 Å². The van der Waals surface area contributed by atoms with Gasteiger partial charge in [0.05, 0.1) is 22.7 Å². The van der Waals surface area contributed by atoms with Crippen molar-refractivity contribution in [1.82, 2.24) is 15.1 Å². The molecule has 8 heteroatoms. The van der Waals surface area contributed by atoms with Crippen LogP contribution in [0.1, 0.15) is 24.3 Å². The Balaban J connectivity index is 1.92. The van der Waals surface area contributed by atoms with Gasteiger partial charge in [-0.05, 0) is 31.4 Å². The number of fused-ring (bicyclic) bond motifs is 4. The van der Waals surface area contributed by atoms with Crippen molar-refractivity contribution in [3.63, 3.8) is 0 Å². The van der Waals surface area contributed by atoms with Crippen molar-refractivity contribution < 1.29 is 14.6 Å². The van der Waals surface area contributed by atoms with Gasteiger partial charge in [-0.1, -0.05) is 46.8 Å². The van der Waals surface area contributed by atoms with E-state index in [4.69, 9.17) is 0 Å². The summed E-state index contributed by atoms with van der Waals surface area (Å²) in [4.78, 5) is 22.2. The zero-order chi connectivity index (χ0) is 21.0. The summed E-state index contributed by atoms with van der Waals surface area (Å²) in [6.07, 6.45) is 1.22. The maximum absolute atomic E-state index is 13.0. The molecule has 1 unspecified atom stereocenters. The Bertz CT molecular complexity index is 1320. The second kappa shape index (κ2) is 6.84. The van der Waals surface area contributed by atoms with Crippen LogP contribution < -0.4 is 14.7 Å². The van der Waals surface area contributed by atoms with Gasteiger partial charge < -0.3 is 10.1 Å². The van der Waals surface area contributed by atoms with Crippen molar-refractivity contribution in [2.24, 2.45) is 0 Å². The summed E-state index contributed by atoms with van der Waals surface area (Å²) in [6.45, 7) is 3.51. The molecule has 3 heterocycles. The predicted molar refractivity (Wildman–Crippen MR) is 113 cm³/mol. The van der Waals surface area contributed by atoms with E-state index in [9.17, 15) is 9.90 Å². The van der Waals surface area contributed by atoms with E-state index in [1.165, 1.54) is 18.7 Å². The molecule has 0 aliphatic carbocycles. The third kappa shape index (κ3) is 2.60. The second-order valence-electron chi connectivity index (χ2n) is 7.19. The van der Waals surface area contributed by atoms with Gasteiger partial charge in [-0.25, -0.2) is 9.88 Å². The smallest absolute Gasteiger partial charge is 0.295 e. The molecule has 4 aromatic rings. The third-order valence-electron chi connectivity index (χ3n) is 5.44. The van der Waals surface area contributed by atoms with Crippen molar-refractivity contribution in [3.8, 4) is 17.1 Å². The number of nitrogens with one attached hydrogen (secondary N) is 1. The highest BCUT2D eigenvalue weighted by molar-refractivity contribution is 7.98. The Morgan fingerprint density at radius 2 is 1.93 bits per heavy atom. The Hall–Kier alpha value is -3.39. The van der Waals surface area contributed by atoms with Crippen molar-refractivity contribution >= 4 is 34.3 Å². The molecule has 1 amide bonds. The van der Waals surface area contributed by atoms with Crippen molar-refractivity contribution in [1.29, 1.82) is 0 Å². The van der Waals surface area contributed by atoms with E-state index >= 15 is 0 Å². The molecule has 1 aliphatic heterocycles. The van der Waals surface area contributed by atoms with Gasteiger partial charge in [-0.2, -0.15) is 0 Å². The summed E-state index contributed by atoms with van der Waals surface area (Å²) in [5.74, 6) is -0.487. The predicted octanol–water partition coefficient (Wildman–Crippen LogP) is 2.93. The third-order valence-corrected chi connectivity index (χ3v) is 5.98. The fraction of sp³-hybridized carbons (Fsp3) is 0.182. The Labute approximate surface area is 177 Å². The van der Waals surface area contributed by atoms with E-state index in [0.29, 0.717) is 22.1 Å². The second-order valence-corrected chi connectivity index (χ2v) is 7.96. The summed E-state index contributed by atoms with van der Waals surface area (Å²) in [6, 6.07) is 15.3. The van der Waals surface area contributed by atoms with Crippen LogP contribution >= 0.6 is 11.8 Å². The molecule has 5 rings (SSSR count). The average molecular weight is 417 g/mol. The van der Waals surface area contributed by atoms with E-state index in [1.54, 1.807) is 9.58 Å². The fourth-order valence-corrected chi connectivity index (χ4v) is 4.60. The molecule has 0 spiro atoms. The van der Waals surface area contributed by atoms with E-state index in [0.717, 1.165) is 22.2 Å². The van der Waals surface area contributed by atoms with Crippen molar-refractivity contribution in [2.45, 2.75) is 25.2 Å². The number of aromatic amines is 1. The lowest BCUT2D eigenvalue weighted by atomic mass is 9.99. The highest BCUT2D eigenvalue weighted by atomic mass is 32.2. The van der Waals surface area contributed by atoms with Gasteiger partial charge in [0, 0.05) is 28.6 Å². The highest BCUT2D eigenvalue weighted by Gasteiger charge is 2.45. The lowest BCUT2D eigenvalue weighted by Crippen LogP contribution is -2.59. The number of carbonyl (C=O) groups is 1. The first-order valence-corrected chi connectivity index (χ1v) is 10.7. The minimum absolute atomic E-state index is 0.132. The molecule has 0 bridgehead atoms. The number of hydrogen-bond donors (Lipinski definition) is 1. The molecule has 0 saturated heterocycles. The molecule has 2 aromatic carbocycles. The first kappa shape index (κ1) is 18.6. The van der Waals surface area contributed by atoms with Crippen molar-refractivity contribution in [3.05, 3.63) is 59.8 Å². The van der Waals surface area contributed by atoms with Crippen LogP contribution in [0.5, 0.6) is 5.88 Å². The maximum Gasteiger partial charge on any atom is 0.295 e. The standard InChI is InChI=1S/C22H19N5O2S/c1-12-18(14-8-4-6-10-16(14)23-12)21-26(13(2)28)17-11-7-5-9-15(17)19-20(29)24-22(30-3)25-27(19)21/h4-11,21,23H,1-3H3. The molecule has 1 aliphatic rings. The zero-order valence-electron chi connectivity index (χ0n) is 16.7. The molecule has 0 fully saturated rings. The Morgan fingerprint density at radius 3 is 2.70 bits per heavy atom. The number of rotatable bonds is 2. The van der Waals surface area contributed by atoms with E-state index in [2.05, 4.69) is 15.1 Å². The number of hydrogen-bond acceptors (Lipinski definition) is 5. The van der Waals surface area contributed by atoms with Crippen LogP contribution in [-0.4, -0.2) is 27.2 Å². The molecule has 2 aromatic heterocycles. The lowest BCUT2D eigenvalue weighted by molar-refractivity contribution is -0.764. The van der Waals surface area contributed by atoms with Crippen LogP contribution in [-0.2, 0) is 4.79 Å². The van der Waals surface area contributed by atoms with Gasteiger partial charge in [0.15, 0.2) is 0 Å². The number of para-hydroxylation sites is 2. The molecular formula is C22H19N5O2S. The number of nitrogens with zero attached hydrogens (tertiary/aromatic N) is 4. The summed E-state index contributed by atoms with van der Waals surface area (Å²) in [5, 5.41) is 19.1. The Kier molecular flexibility index (Phi) is 4.25. The minimum atomic E-state index is -0.606. The molecule has 1 atom stereocenters. The van der Waals surface area contributed by atoms with E-state index in [-0.39, 0.29) is 11.8 Å². The molecule has 150 valence electrons. The monoisotopic (exact) mass is 417 g/mol. The number of aromatic nitrogens is 4. The number of benzene rings is 2. The van der Waals surface area contributed by atoms with Gasteiger partial charge in [0.25, 0.3) is 17.0 Å². The molecule has 1 N–H and O–H groups in total. The first-order chi connectivity index (χ1) is 14.5. The summed E-state index contributed by atoms with van der Waals surface area (Å²) >= 11 is 1.30. The maximum atomic E-state index is 13.0. The molecule has 0 radical (unpaired) electrons. The van der Waals surface area contributed by atoms with Crippen LogP contribution in [0.15, 0.2) is 53.7 Å². The van der Waals surface area contributed by atoms with Gasteiger partial charge >= 0.3 is 0 Å². The van der Waals surface area contributed by atoms with Gasteiger partial charge in [0.2, 0.25) is 5.91 Å². The number of amides is 1. The summed E-state index contributed by atoms with van der Waals surface area (Å²) in [7, 11) is 0. The van der Waals surface area contributed by atoms with Crippen LogP contribution in [0, 0.1) is 6.92 Å². The quantitative estimate of drug-likeness (QED) is 0.400. The van der Waals surface area contributed by atoms with Crippen LogP contribution in [0.4, 0.5) is 5.69 Å². The van der Waals surface area contributed by atoms with Gasteiger partial charge in [0.1, 0.15) is 0 Å². The van der Waals surface area contributed by atoms with Crippen LogP contribution in [0.2, 0.25) is 0 Å². The largest absolute Gasteiger partial charge is 0.854 e. The SMILES string of the molecule is CSc1nc([O-])c2[n+](n1)C(c1c(C)[nH]c3ccccc13)N(C(C)=O)c1ccccc1-2. The number of anilines is 1. The molecule has 0 saturated carbocycles. The number of carbonyl (C=O) groups excluding carboxylic acids is 1. The lowest BCUT2D eigenvalue weighted by Gasteiger charge is -2.33. The zero-order valence-corrected chi connectivity index (χ0v) is 17.5. The van der Waals surface area contributed by atoms with Gasteiger partial charge in [-0.15, -0.1) is 0 Å². The number of H-pyrrole nitrogens is 1. The Morgan fingerprint density at radius 1 is 1.20 bits per heavy atom. The molecule has 30 heavy (non-hydrogen) atoms. The topological polar surface area (TPSA) is 88.8 Å². The van der Waals surface area contributed by atoms with E-state index in [1.807, 2.05) is 61.7 Å². The normalized spacial score (nSPS) is 15.2. The average Bonchev–Trinajstić information content (AvgIpc) is 3.07. The van der Waals surface area contributed by atoms with Crippen molar-refractivity contribution in [2.75, 3.05) is 11.2 Å². The van der Waals surface area contributed by atoms with Crippen LogP contribution in [0.3, 0.4) is 0 Å². The first-order valence-electron chi connectivity index (χ1n) is 9.52. The number of aryl methyl sites for hydroxylation is 1. The molecular weight excluding hydrogens is 398 g/mol. The van der Waals surface area contributed by atoms with Gasteiger partial charge in [-0.3, -0.25) is 4.79 Å². The number of thioether (sulfide) groups is 1. The highest BCUT2D eigenvalue weighted by Crippen LogP contribution is 2.42. The summed E-state index contributed by atoms with van der Waals surface area (Å²) in [5.41, 5.74) is 4.51. The minimum Gasteiger partial charge on any atom is -0.854 e. The molecule has 7 nitrogen and oxygen atoms in total. The fourth-order valence-electron chi connectivity index (χ4n) is 4.25.